The summed E-state index contributed by atoms with van der Waals surface area (Å²) < 4.78 is 32.2. The molecule has 3 rings (SSSR count). The van der Waals surface area contributed by atoms with E-state index in [0.29, 0.717) is 5.95 Å². The van der Waals surface area contributed by atoms with Crippen LogP contribution in [0.1, 0.15) is 18.7 Å². The van der Waals surface area contributed by atoms with Crippen LogP contribution in [0.3, 0.4) is 0 Å². The van der Waals surface area contributed by atoms with Crippen LogP contribution in [-0.4, -0.2) is 41.2 Å². The zero-order valence-electron chi connectivity index (χ0n) is 14.1. The Hall–Kier alpha value is -3.04. The van der Waals surface area contributed by atoms with E-state index in [0.717, 1.165) is 38.1 Å². The highest BCUT2D eigenvalue weighted by atomic mass is 19.1. The third-order valence-electron chi connectivity index (χ3n) is 3.83. The molecule has 138 valence electrons. The second-order valence-electron chi connectivity index (χ2n) is 5.64. The molecule has 2 amide bonds. The molecule has 0 aliphatic carbocycles. The molecule has 2 heterocycles. The Bertz CT molecular complexity index is 778. The Morgan fingerprint density at radius 3 is 2.54 bits per heavy atom. The summed E-state index contributed by atoms with van der Waals surface area (Å²) in [5.41, 5.74) is -0.518. The zero-order valence-corrected chi connectivity index (χ0v) is 14.1. The lowest BCUT2D eigenvalue weighted by atomic mass is 10.3. The molecule has 1 aromatic carbocycles. The molecule has 1 aliphatic heterocycles. The van der Waals surface area contributed by atoms with Crippen molar-refractivity contribution in [1.29, 1.82) is 0 Å². The van der Waals surface area contributed by atoms with Crippen molar-refractivity contribution in [3.63, 3.8) is 0 Å². The van der Waals surface area contributed by atoms with Crippen molar-refractivity contribution in [2.75, 3.05) is 30.4 Å². The molecule has 2 N–H and O–H groups in total. The fourth-order valence-electron chi connectivity index (χ4n) is 2.55. The Morgan fingerprint density at radius 1 is 1.19 bits per heavy atom. The topological polar surface area (TPSA) is 92.3 Å². The molecule has 0 bridgehead atoms. The van der Waals surface area contributed by atoms with E-state index in [1.807, 2.05) is 4.90 Å². The zero-order chi connectivity index (χ0) is 18.5. The van der Waals surface area contributed by atoms with Crippen molar-refractivity contribution in [1.82, 2.24) is 20.3 Å². The molecule has 26 heavy (non-hydrogen) atoms. The monoisotopic (exact) mass is 364 g/mol. The van der Waals surface area contributed by atoms with Crippen LogP contribution in [0.2, 0.25) is 0 Å². The minimum absolute atomic E-state index is 0.0539. The first kappa shape index (κ1) is 17.8. The predicted molar refractivity (Wildman–Crippen MR) is 90.0 cm³/mol. The van der Waals surface area contributed by atoms with E-state index < -0.39 is 23.4 Å². The van der Waals surface area contributed by atoms with Crippen LogP contribution in [0.5, 0.6) is 6.01 Å². The Morgan fingerprint density at radius 2 is 1.88 bits per heavy atom. The maximum Gasteiger partial charge on any atom is 0.321 e. The fourth-order valence-corrected chi connectivity index (χ4v) is 2.55. The Labute approximate surface area is 148 Å². The molecular weight excluding hydrogens is 346 g/mol. The van der Waals surface area contributed by atoms with Gasteiger partial charge in [-0.2, -0.15) is 15.0 Å². The van der Waals surface area contributed by atoms with E-state index >= 15 is 0 Å². The van der Waals surface area contributed by atoms with Crippen molar-refractivity contribution in [3.8, 4) is 6.01 Å². The number of nitrogens with one attached hydrogen (secondary N) is 2. The van der Waals surface area contributed by atoms with Gasteiger partial charge in [-0.1, -0.05) is 6.07 Å². The third kappa shape index (κ3) is 4.13. The molecule has 0 radical (unpaired) electrons. The van der Waals surface area contributed by atoms with Gasteiger partial charge in [-0.3, -0.25) is 0 Å². The summed E-state index contributed by atoms with van der Waals surface area (Å²) in [6.07, 6.45) is 2.11. The summed E-state index contributed by atoms with van der Waals surface area (Å²) in [4.78, 5) is 26.5. The number of methoxy groups -OCH3 is 1. The van der Waals surface area contributed by atoms with Gasteiger partial charge >= 0.3 is 12.0 Å². The molecule has 10 heteroatoms. The first-order valence-corrected chi connectivity index (χ1v) is 8.09. The van der Waals surface area contributed by atoms with Crippen molar-refractivity contribution >= 4 is 17.7 Å². The largest absolute Gasteiger partial charge is 0.467 e. The van der Waals surface area contributed by atoms with Crippen LogP contribution < -0.4 is 20.3 Å². The van der Waals surface area contributed by atoms with E-state index in [1.54, 1.807) is 0 Å². The third-order valence-corrected chi connectivity index (χ3v) is 3.83. The lowest BCUT2D eigenvalue weighted by molar-refractivity contribution is 0.251. The predicted octanol–water partition coefficient (Wildman–Crippen LogP) is 2.08. The molecule has 1 aliphatic rings. The van der Waals surface area contributed by atoms with Gasteiger partial charge in [0.2, 0.25) is 5.95 Å². The quantitative estimate of drug-likeness (QED) is 0.844. The van der Waals surface area contributed by atoms with Crippen molar-refractivity contribution in [2.24, 2.45) is 0 Å². The van der Waals surface area contributed by atoms with E-state index in [4.69, 9.17) is 4.74 Å². The highest BCUT2D eigenvalue weighted by Gasteiger charge is 2.18. The van der Waals surface area contributed by atoms with Gasteiger partial charge in [0.1, 0.15) is 17.3 Å². The van der Waals surface area contributed by atoms with Crippen LogP contribution in [0.25, 0.3) is 0 Å². The standard InChI is InChI=1S/C16H18F2N6O2/c1-26-16-21-12(20-14(23-16)24-7-2-3-8-24)9-19-15(25)22-13-10(17)5-4-6-11(13)18/h4-6H,2-3,7-9H2,1H3,(H2,19,22,25). The van der Waals surface area contributed by atoms with Gasteiger partial charge in [-0.25, -0.2) is 13.6 Å². The van der Waals surface area contributed by atoms with Crippen LogP contribution in [0.4, 0.5) is 25.2 Å². The Kier molecular flexibility index (Phi) is 5.40. The van der Waals surface area contributed by atoms with Gasteiger partial charge in [-0.15, -0.1) is 0 Å². The normalized spacial score (nSPS) is 13.6. The number of amides is 2. The molecule has 1 aromatic heterocycles. The summed E-state index contributed by atoms with van der Waals surface area (Å²) >= 11 is 0. The number of urea groups is 1. The van der Waals surface area contributed by atoms with Gasteiger partial charge in [0, 0.05) is 13.1 Å². The summed E-state index contributed by atoms with van der Waals surface area (Å²) in [5, 5.41) is 4.59. The Balaban J connectivity index is 1.66. The van der Waals surface area contributed by atoms with Crippen LogP contribution in [0.15, 0.2) is 18.2 Å². The molecule has 0 saturated carbocycles. The minimum Gasteiger partial charge on any atom is -0.467 e. The number of aromatic nitrogens is 3. The average Bonchev–Trinajstić information content (AvgIpc) is 3.18. The second kappa shape index (κ2) is 7.89. The second-order valence-corrected chi connectivity index (χ2v) is 5.64. The number of rotatable bonds is 5. The summed E-state index contributed by atoms with van der Waals surface area (Å²) in [5.74, 6) is -0.966. The molecule has 1 fully saturated rings. The van der Waals surface area contributed by atoms with Crippen molar-refractivity contribution < 1.29 is 18.3 Å². The number of halogens is 2. The lowest BCUT2D eigenvalue weighted by Crippen LogP contribution is -2.30. The van der Waals surface area contributed by atoms with Crippen LogP contribution in [-0.2, 0) is 6.54 Å². The fraction of sp³-hybridized carbons (Fsp3) is 0.375. The van der Waals surface area contributed by atoms with Crippen LogP contribution in [0, 0.1) is 11.6 Å². The van der Waals surface area contributed by atoms with E-state index in [9.17, 15) is 13.6 Å². The maximum absolute atomic E-state index is 13.6. The molecular formula is C16H18F2N6O2. The number of benzene rings is 1. The summed E-state index contributed by atoms with van der Waals surface area (Å²) in [6.45, 7) is 1.63. The highest BCUT2D eigenvalue weighted by Crippen LogP contribution is 2.19. The van der Waals surface area contributed by atoms with E-state index in [2.05, 4.69) is 25.6 Å². The molecule has 1 saturated heterocycles. The lowest BCUT2D eigenvalue weighted by Gasteiger charge is -2.16. The molecule has 0 spiro atoms. The van der Waals surface area contributed by atoms with Gasteiger partial charge in [0.05, 0.1) is 13.7 Å². The molecule has 2 aromatic rings. The SMILES string of the molecule is COc1nc(CNC(=O)Nc2c(F)cccc2F)nc(N2CCCC2)n1. The number of hydrogen-bond acceptors (Lipinski definition) is 6. The number of para-hydroxylation sites is 1. The van der Waals surface area contributed by atoms with E-state index in [1.165, 1.54) is 13.2 Å². The number of anilines is 2. The van der Waals surface area contributed by atoms with Gasteiger partial charge in [0.15, 0.2) is 5.82 Å². The van der Waals surface area contributed by atoms with Gasteiger partial charge < -0.3 is 20.3 Å². The van der Waals surface area contributed by atoms with Gasteiger partial charge in [-0.05, 0) is 25.0 Å². The minimum atomic E-state index is -0.863. The molecule has 8 nitrogen and oxygen atoms in total. The first-order chi connectivity index (χ1) is 12.6. The van der Waals surface area contributed by atoms with Crippen molar-refractivity contribution in [3.05, 3.63) is 35.7 Å². The van der Waals surface area contributed by atoms with Crippen LogP contribution >= 0.6 is 0 Å². The van der Waals surface area contributed by atoms with E-state index in [-0.39, 0.29) is 18.4 Å². The van der Waals surface area contributed by atoms with Crippen molar-refractivity contribution in [2.45, 2.75) is 19.4 Å². The number of carbonyl (C=O) groups excluding carboxylic acids is 1. The highest BCUT2D eigenvalue weighted by molar-refractivity contribution is 5.89. The van der Waals surface area contributed by atoms with Gasteiger partial charge in [0.25, 0.3) is 0 Å². The molecule has 0 atom stereocenters. The number of hydrogen-bond donors (Lipinski definition) is 2. The number of ether oxygens (including phenoxy) is 1. The summed E-state index contributed by atoms with van der Waals surface area (Å²) in [6, 6.07) is 2.68. The number of carbonyl (C=O) groups is 1. The smallest absolute Gasteiger partial charge is 0.321 e. The number of nitrogens with zero attached hydrogens (tertiary/aromatic N) is 4. The summed E-state index contributed by atoms with van der Waals surface area (Å²) in [7, 11) is 1.44. The average molecular weight is 364 g/mol. The molecule has 0 unspecified atom stereocenters. The first-order valence-electron chi connectivity index (χ1n) is 8.09. The maximum atomic E-state index is 13.6.